The fraction of sp³-hybridized carbons (Fsp3) is 0.636. The minimum absolute atomic E-state index is 0.0835. The molecule has 0 aromatic carbocycles. The average Bonchev–Trinajstić information content (AvgIpc) is 2.64. The maximum absolute atomic E-state index is 11.7. The minimum Gasteiger partial charge on any atom is -0.387 e. The second-order valence-corrected chi connectivity index (χ2v) is 4.25. The topological polar surface area (TPSA) is 120 Å². The number of nitrogens with two attached hydrogens (primary N) is 1. The first-order valence-corrected chi connectivity index (χ1v) is 5.98. The van der Waals surface area contributed by atoms with Gasteiger partial charge in [-0.25, -0.2) is 4.79 Å². The van der Waals surface area contributed by atoms with Gasteiger partial charge in [-0.3, -0.25) is 4.57 Å². The van der Waals surface area contributed by atoms with Gasteiger partial charge in [0.2, 0.25) is 0 Å². The summed E-state index contributed by atoms with van der Waals surface area (Å²) < 4.78 is 11.7. The van der Waals surface area contributed by atoms with Gasteiger partial charge in [0.25, 0.3) is 0 Å². The van der Waals surface area contributed by atoms with Gasteiger partial charge >= 0.3 is 5.69 Å². The molecule has 106 valence electrons. The molecular formula is C11H17N3O5. The van der Waals surface area contributed by atoms with Gasteiger partial charge in [0, 0.05) is 12.8 Å². The molecule has 2 rings (SSSR count). The number of ether oxygens (including phenoxy) is 2. The first-order valence-electron chi connectivity index (χ1n) is 5.98. The largest absolute Gasteiger partial charge is 0.387 e. The van der Waals surface area contributed by atoms with Crippen molar-refractivity contribution in [2.24, 2.45) is 0 Å². The molecular weight excluding hydrogens is 254 g/mol. The average molecular weight is 271 g/mol. The molecule has 1 fully saturated rings. The van der Waals surface area contributed by atoms with Crippen molar-refractivity contribution in [2.45, 2.75) is 31.5 Å². The Morgan fingerprint density at radius 1 is 1.53 bits per heavy atom. The lowest BCUT2D eigenvalue weighted by atomic mass is 10.1. The van der Waals surface area contributed by atoms with Gasteiger partial charge in [0.05, 0.1) is 6.61 Å². The Bertz CT molecular complexity index is 491. The van der Waals surface area contributed by atoms with E-state index in [2.05, 4.69) is 4.98 Å². The van der Waals surface area contributed by atoms with Crippen molar-refractivity contribution in [1.82, 2.24) is 9.55 Å². The summed E-state index contributed by atoms with van der Waals surface area (Å²) in [6, 6.07) is 1.42. The molecule has 1 aliphatic rings. The second kappa shape index (κ2) is 5.66. The summed E-state index contributed by atoms with van der Waals surface area (Å²) in [6.07, 6.45) is -2.67. The van der Waals surface area contributed by atoms with Crippen molar-refractivity contribution < 1.29 is 19.7 Å². The van der Waals surface area contributed by atoms with E-state index >= 15 is 0 Å². The van der Waals surface area contributed by atoms with E-state index in [0.29, 0.717) is 6.61 Å². The molecule has 8 nitrogen and oxygen atoms in total. The second-order valence-electron chi connectivity index (χ2n) is 4.25. The zero-order valence-electron chi connectivity index (χ0n) is 10.5. The van der Waals surface area contributed by atoms with E-state index < -0.39 is 30.2 Å². The van der Waals surface area contributed by atoms with Gasteiger partial charge in [-0.15, -0.1) is 0 Å². The van der Waals surface area contributed by atoms with Crippen LogP contribution in [0.5, 0.6) is 0 Å². The summed E-state index contributed by atoms with van der Waals surface area (Å²) in [5.41, 5.74) is 4.74. The first kappa shape index (κ1) is 13.9. The maximum Gasteiger partial charge on any atom is 0.351 e. The van der Waals surface area contributed by atoms with E-state index in [9.17, 15) is 15.0 Å². The van der Waals surface area contributed by atoms with Gasteiger partial charge in [-0.1, -0.05) is 0 Å². The van der Waals surface area contributed by atoms with Gasteiger partial charge < -0.3 is 25.4 Å². The lowest BCUT2D eigenvalue weighted by molar-refractivity contribution is -0.0668. The predicted octanol–water partition coefficient (Wildman–Crippen LogP) is -1.52. The van der Waals surface area contributed by atoms with Crippen LogP contribution in [0.3, 0.4) is 0 Å². The lowest BCUT2D eigenvalue weighted by Gasteiger charge is -2.16. The number of hydrogen-bond acceptors (Lipinski definition) is 7. The number of nitrogen functional groups attached to an aromatic ring is 1. The molecule has 0 bridgehead atoms. The van der Waals surface area contributed by atoms with Crippen LogP contribution in [0.1, 0.15) is 13.2 Å². The number of rotatable bonds is 4. The number of hydrogen-bond donors (Lipinski definition) is 3. The highest BCUT2D eigenvalue weighted by Gasteiger charge is 2.44. The summed E-state index contributed by atoms with van der Waals surface area (Å²) in [5, 5.41) is 19.8. The Morgan fingerprint density at radius 2 is 2.26 bits per heavy atom. The molecule has 1 saturated heterocycles. The summed E-state index contributed by atoms with van der Waals surface area (Å²) in [4.78, 5) is 15.2. The van der Waals surface area contributed by atoms with Crippen LogP contribution < -0.4 is 11.4 Å². The van der Waals surface area contributed by atoms with E-state index in [1.54, 1.807) is 0 Å². The number of nitrogens with zero attached hydrogens (tertiary/aromatic N) is 2. The molecule has 1 aromatic heterocycles. The SMILES string of the molecule is CCOC[C@H]1OC(n2ccc(N)nc2=O)[C@@H](O)[C@@H]1O. The fourth-order valence-corrected chi connectivity index (χ4v) is 1.95. The summed E-state index contributed by atoms with van der Waals surface area (Å²) in [6.45, 7) is 2.42. The summed E-state index contributed by atoms with van der Waals surface area (Å²) in [7, 11) is 0. The standard InChI is InChI=1S/C11H17N3O5/c1-2-18-5-6-8(15)9(16)10(19-6)14-4-3-7(12)13-11(14)17/h3-4,6,8-10,15-16H,2,5H2,1H3,(H2,12,13,17)/t6-,8-,9+,10?/m1/s1. The third-order valence-electron chi connectivity index (χ3n) is 2.95. The number of aromatic nitrogens is 2. The van der Waals surface area contributed by atoms with E-state index in [0.717, 1.165) is 4.57 Å². The van der Waals surface area contributed by atoms with Crippen molar-refractivity contribution in [2.75, 3.05) is 18.9 Å². The van der Waals surface area contributed by atoms with E-state index in [1.807, 2.05) is 6.92 Å². The number of anilines is 1. The van der Waals surface area contributed by atoms with Crippen LogP contribution >= 0.6 is 0 Å². The molecule has 1 aromatic rings. The van der Waals surface area contributed by atoms with Gasteiger partial charge in [0.15, 0.2) is 6.23 Å². The molecule has 19 heavy (non-hydrogen) atoms. The molecule has 1 unspecified atom stereocenters. The summed E-state index contributed by atoms with van der Waals surface area (Å²) in [5.74, 6) is 0.0835. The van der Waals surface area contributed by atoms with Crippen molar-refractivity contribution in [3.8, 4) is 0 Å². The molecule has 0 amide bonds. The third kappa shape index (κ3) is 2.76. The monoisotopic (exact) mass is 271 g/mol. The third-order valence-corrected chi connectivity index (χ3v) is 2.95. The van der Waals surface area contributed by atoms with Crippen molar-refractivity contribution in [3.63, 3.8) is 0 Å². The van der Waals surface area contributed by atoms with E-state index in [1.165, 1.54) is 12.3 Å². The quantitative estimate of drug-likeness (QED) is 0.608. The van der Waals surface area contributed by atoms with Crippen molar-refractivity contribution in [1.29, 1.82) is 0 Å². The molecule has 0 aliphatic carbocycles. The molecule has 4 N–H and O–H groups in total. The van der Waals surface area contributed by atoms with Crippen LogP contribution in [0.4, 0.5) is 5.82 Å². The molecule has 0 radical (unpaired) electrons. The molecule has 0 saturated carbocycles. The van der Waals surface area contributed by atoms with Gasteiger partial charge in [-0.05, 0) is 13.0 Å². The maximum atomic E-state index is 11.7. The lowest BCUT2D eigenvalue weighted by Crippen LogP contribution is -2.36. The highest BCUT2D eigenvalue weighted by atomic mass is 16.6. The molecule has 2 heterocycles. The van der Waals surface area contributed by atoms with Crippen LogP contribution in [0.25, 0.3) is 0 Å². The highest BCUT2D eigenvalue weighted by Crippen LogP contribution is 2.28. The molecule has 4 atom stereocenters. The Kier molecular flexibility index (Phi) is 4.15. The Labute approximate surface area is 109 Å². The molecule has 8 heteroatoms. The Morgan fingerprint density at radius 3 is 2.89 bits per heavy atom. The zero-order chi connectivity index (χ0) is 14.0. The van der Waals surface area contributed by atoms with Crippen molar-refractivity contribution >= 4 is 5.82 Å². The van der Waals surface area contributed by atoms with Crippen LogP contribution in [-0.2, 0) is 9.47 Å². The molecule has 1 aliphatic heterocycles. The van der Waals surface area contributed by atoms with Crippen LogP contribution in [0.15, 0.2) is 17.1 Å². The Hall–Kier alpha value is -1.48. The van der Waals surface area contributed by atoms with Crippen LogP contribution in [0, 0.1) is 0 Å². The fourth-order valence-electron chi connectivity index (χ4n) is 1.95. The number of aliphatic hydroxyl groups excluding tert-OH is 2. The van der Waals surface area contributed by atoms with E-state index in [-0.39, 0.29) is 12.4 Å². The smallest absolute Gasteiger partial charge is 0.351 e. The number of aliphatic hydroxyl groups is 2. The highest BCUT2D eigenvalue weighted by molar-refractivity contribution is 5.23. The Balaban J connectivity index is 2.19. The van der Waals surface area contributed by atoms with Crippen molar-refractivity contribution in [3.05, 3.63) is 22.7 Å². The summed E-state index contributed by atoms with van der Waals surface area (Å²) >= 11 is 0. The van der Waals surface area contributed by atoms with Crippen LogP contribution in [0.2, 0.25) is 0 Å². The molecule has 0 spiro atoms. The first-order chi connectivity index (χ1) is 9.04. The predicted molar refractivity (Wildman–Crippen MR) is 65.3 cm³/mol. The zero-order valence-corrected chi connectivity index (χ0v) is 10.5. The minimum atomic E-state index is -1.23. The van der Waals surface area contributed by atoms with Crippen LogP contribution in [-0.4, -0.2) is 51.3 Å². The van der Waals surface area contributed by atoms with E-state index in [4.69, 9.17) is 15.2 Å². The van der Waals surface area contributed by atoms with Gasteiger partial charge in [-0.2, -0.15) is 4.98 Å². The normalized spacial score (nSPS) is 30.7. The van der Waals surface area contributed by atoms with Gasteiger partial charge in [0.1, 0.15) is 24.1 Å².